The zero-order valence-electron chi connectivity index (χ0n) is 12.9. The molecular formula is C17H30N2O. The van der Waals surface area contributed by atoms with Gasteiger partial charge in [0.1, 0.15) is 0 Å². The van der Waals surface area contributed by atoms with Gasteiger partial charge in [0.2, 0.25) is 0 Å². The van der Waals surface area contributed by atoms with E-state index in [1.165, 1.54) is 44.9 Å². The summed E-state index contributed by atoms with van der Waals surface area (Å²) in [6.07, 6.45) is 9.62. The van der Waals surface area contributed by atoms with E-state index in [1.807, 2.05) is 0 Å². The van der Waals surface area contributed by atoms with E-state index in [1.54, 1.807) is 0 Å². The first-order valence-electron chi connectivity index (χ1n) is 8.73. The Labute approximate surface area is 123 Å². The second-order valence-corrected chi connectivity index (χ2v) is 8.30. The minimum Gasteiger partial charge on any atom is -0.374 e. The number of nitrogens with two attached hydrogens (primary N) is 1. The van der Waals surface area contributed by atoms with Crippen molar-refractivity contribution in [3.63, 3.8) is 0 Å². The largest absolute Gasteiger partial charge is 0.374 e. The Balaban J connectivity index is 1.51. The average molecular weight is 278 g/mol. The van der Waals surface area contributed by atoms with Crippen molar-refractivity contribution in [2.45, 2.75) is 63.0 Å². The molecule has 5 aliphatic rings. The first kappa shape index (κ1) is 13.5. The zero-order chi connectivity index (χ0) is 13.8. The lowest BCUT2D eigenvalue weighted by atomic mass is 9.48. The molecule has 20 heavy (non-hydrogen) atoms. The lowest BCUT2D eigenvalue weighted by Crippen LogP contribution is -2.69. The molecule has 114 valence electrons. The van der Waals surface area contributed by atoms with Gasteiger partial charge >= 0.3 is 0 Å². The minimum absolute atomic E-state index is 0.0524. The molecule has 3 nitrogen and oxygen atoms in total. The summed E-state index contributed by atoms with van der Waals surface area (Å²) in [4.78, 5) is 0. The third-order valence-electron chi connectivity index (χ3n) is 7.02. The molecule has 1 heterocycles. The smallest absolute Gasteiger partial charge is 0.0779 e. The Morgan fingerprint density at radius 3 is 2.25 bits per heavy atom. The molecule has 0 aromatic carbocycles. The number of ether oxygens (including phenoxy) is 1. The molecule has 1 aliphatic heterocycles. The molecule has 4 aliphatic carbocycles. The van der Waals surface area contributed by atoms with Crippen molar-refractivity contribution >= 4 is 0 Å². The van der Waals surface area contributed by atoms with Gasteiger partial charge in [-0.2, -0.15) is 0 Å². The Morgan fingerprint density at radius 1 is 1.10 bits per heavy atom. The normalized spacial score (nSPS) is 53.7. The minimum atomic E-state index is 0.0524. The van der Waals surface area contributed by atoms with Gasteiger partial charge < -0.3 is 15.8 Å². The van der Waals surface area contributed by atoms with Crippen LogP contribution in [-0.2, 0) is 4.74 Å². The Bertz CT molecular complexity index is 347. The molecule has 0 aromatic heterocycles. The summed E-state index contributed by atoms with van der Waals surface area (Å²) in [6, 6.07) is 0. The van der Waals surface area contributed by atoms with E-state index >= 15 is 0 Å². The van der Waals surface area contributed by atoms with E-state index in [0.717, 1.165) is 43.4 Å². The summed E-state index contributed by atoms with van der Waals surface area (Å²) in [5.74, 6) is 3.68. The molecule has 4 bridgehead atoms. The van der Waals surface area contributed by atoms with E-state index in [-0.39, 0.29) is 11.1 Å². The van der Waals surface area contributed by atoms with Crippen molar-refractivity contribution in [2.24, 2.45) is 29.4 Å². The van der Waals surface area contributed by atoms with Crippen LogP contribution < -0.4 is 11.1 Å². The molecule has 3 N–H and O–H groups in total. The summed E-state index contributed by atoms with van der Waals surface area (Å²) in [6.45, 7) is 5.02. The van der Waals surface area contributed by atoms with Crippen molar-refractivity contribution in [1.29, 1.82) is 0 Å². The highest BCUT2D eigenvalue weighted by atomic mass is 16.5. The van der Waals surface area contributed by atoms with E-state index in [0.29, 0.717) is 0 Å². The number of nitrogens with one attached hydrogen (secondary N) is 1. The van der Waals surface area contributed by atoms with Crippen LogP contribution in [0.5, 0.6) is 0 Å². The quantitative estimate of drug-likeness (QED) is 0.829. The average Bonchev–Trinajstić information content (AvgIpc) is 2.85. The second kappa shape index (κ2) is 4.69. The predicted molar refractivity (Wildman–Crippen MR) is 80.4 cm³/mol. The third-order valence-corrected chi connectivity index (χ3v) is 7.02. The lowest BCUT2D eigenvalue weighted by molar-refractivity contribution is -0.0800. The van der Waals surface area contributed by atoms with Gasteiger partial charge in [-0.05, 0) is 75.5 Å². The van der Waals surface area contributed by atoms with Gasteiger partial charge in [0.25, 0.3) is 0 Å². The van der Waals surface area contributed by atoms with Crippen molar-refractivity contribution in [3.8, 4) is 0 Å². The highest BCUT2D eigenvalue weighted by Crippen LogP contribution is 2.58. The molecule has 3 heteroatoms. The molecule has 1 unspecified atom stereocenters. The van der Waals surface area contributed by atoms with Crippen molar-refractivity contribution in [3.05, 3.63) is 0 Å². The molecule has 0 radical (unpaired) electrons. The summed E-state index contributed by atoms with van der Waals surface area (Å²) in [5, 5.41) is 3.96. The molecule has 1 saturated heterocycles. The van der Waals surface area contributed by atoms with E-state index < -0.39 is 0 Å². The fraction of sp³-hybridized carbons (Fsp3) is 1.00. The summed E-state index contributed by atoms with van der Waals surface area (Å²) in [5.41, 5.74) is 6.59. The lowest BCUT2D eigenvalue weighted by Gasteiger charge is -2.61. The summed E-state index contributed by atoms with van der Waals surface area (Å²) < 4.78 is 5.97. The first-order chi connectivity index (χ1) is 9.63. The Morgan fingerprint density at radius 2 is 1.75 bits per heavy atom. The topological polar surface area (TPSA) is 47.3 Å². The van der Waals surface area contributed by atoms with Crippen molar-refractivity contribution in [1.82, 2.24) is 5.32 Å². The monoisotopic (exact) mass is 278 g/mol. The van der Waals surface area contributed by atoms with Crippen LogP contribution in [0.4, 0.5) is 0 Å². The fourth-order valence-electron chi connectivity index (χ4n) is 6.05. The van der Waals surface area contributed by atoms with Crippen LogP contribution in [0, 0.1) is 23.7 Å². The number of hydrogen-bond acceptors (Lipinski definition) is 3. The van der Waals surface area contributed by atoms with Gasteiger partial charge in [0, 0.05) is 25.2 Å². The summed E-state index contributed by atoms with van der Waals surface area (Å²) >= 11 is 0. The van der Waals surface area contributed by atoms with Gasteiger partial charge in [-0.15, -0.1) is 0 Å². The van der Waals surface area contributed by atoms with Gasteiger partial charge in [-0.25, -0.2) is 0 Å². The fourth-order valence-corrected chi connectivity index (χ4v) is 6.05. The van der Waals surface area contributed by atoms with Crippen LogP contribution in [0.2, 0.25) is 0 Å². The van der Waals surface area contributed by atoms with Crippen LogP contribution in [0.25, 0.3) is 0 Å². The highest BCUT2D eigenvalue weighted by Gasteiger charge is 2.56. The molecule has 5 fully saturated rings. The first-order valence-corrected chi connectivity index (χ1v) is 8.73. The standard InChI is InChI=1S/C17H30N2O/c1-16(3-2-4-20-16)11-19-17(10-18)14-6-12-5-13(8-14)9-15(17)7-12/h12-15,19H,2-11,18H2,1H3. The van der Waals surface area contributed by atoms with Crippen LogP contribution in [0.15, 0.2) is 0 Å². The van der Waals surface area contributed by atoms with Crippen LogP contribution in [-0.4, -0.2) is 30.8 Å². The Kier molecular flexibility index (Phi) is 3.17. The number of rotatable bonds is 4. The van der Waals surface area contributed by atoms with Crippen LogP contribution >= 0.6 is 0 Å². The molecule has 0 amide bonds. The van der Waals surface area contributed by atoms with Gasteiger partial charge in [-0.1, -0.05) is 0 Å². The molecular weight excluding hydrogens is 248 g/mol. The zero-order valence-corrected chi connectivity index (χ0v) is 12.9. The SMILES string of the molecule is CC1(CNC2(CN)C3CC4CC(C3)CC2C4)CCCO1. The van der Waals surface area contributed by atoms with Crippen LogP contribution in [0.1, 0.15) is 51.9 Å². The molecule has 0 aromatic rings. The van der Waals surface area contributed by atoms with Crippen molar-refractivity contribution in [2.75, 3.05) is 19.7 Å². The highest BCUT2D eigenvalue weighted by molar-refractivity contribution is 5.12. The van der Waals surface area contributed by atoms with Crippen molar-refractivity contribution < 1.29 is 4.74 Å². The van der Waals surface area contributed by atoms with Gasteiger partial charge in [0.15, 0.2) is 0 Å². The molecule has 0 spiro atoms. The van der Waals surface area contributed by atoms with E-state index in [9.17, 15) is 0 Å². The maximum atomic E-state index is 6.31. The second-order valence-electron chi connectivity index (χ2n) is 8.30. The van der Waals surface area contributed by atoms with E-state index in [4.69, 9.17) is 10.5 Å². The number of hydrogen-bond donors (Lipinski definition) is 2. The van der Waals surface area contributed by atoms with Crippen LogP contribution in [0.3, 0.4) is 0 Å². The molecule has 5 rings (SSSR count). The maximum Gasteiger partial charge on any atom is 0.0779 e. The van der Waals surface area contributed by atoms with E-state index in [2.05, 4.69) is 12.2 Å². The third kappa shape index (κ3) is 1.97. The van der Waals surface area contributed by atoms with Gasteiger partial charge in [-0.3, -0.25) is 0 Å². The predicted octanol–water partition coefficient (Wildman–Crippen LogP) is 2.30. The maximum absolute atomic E-state index is 6.31. The molecule has 1 atom stereocenters. The van der Waals surface area contributed by atoms with Gasteiger partial charge in [0.05, 0.1) is 5.60 Å². The molecule has 4 saturated carbocycles. The Hall–Kier alpha value is -0.120. The summed E-state index contributed by atoms with van der Waals surface area (Å²) in [7, 11) is 0.